The average molecular weight is 352 g/mol. The molecule has 0 atom stereocenters. The van der Waals surface area contributed by atoms with E-state index < -0.39 is 11.8 Å². The Labute approximate surface area is 131 Å². The lowest BCUT2D eigenvalue weighted by Crippen LogP contribution is -2.18. The first-order chi connectivity index (χ1) is 9.95. The summed E-state index contributed by atoms with van der Waals surface area (Å²) in [6.45, 7) is 4.46. The fourth-order valence-corrected chi connectivity index (χ4v) is 2.71. The van der Waals surface area contributed by atoms with Crippen LogP contribution in [-0.4, -0.2) is 17.6 Å². The summed E-state index contributed by atoms with van der Waals surface area (Å²) >= 11 is 3.03. The van der Waals surface area contributed by atoms with Crippen LogP contribution in [0.25, 0.3) is 0 Å². The molecule has 0 amide bonds. The highest BCUT2D eigenvalue weighted by Crippen LogP contribution is 2.33. The van der Waals surface area contributed by atoms with E-state index in [0.29, 0.717) is 12.2 Å². The standard InChI is InChI=1S/C16H15BrFNO2/c1-3-19(11-6-4-5-10(2)9-11)13-8-7-12(16(20)21)14(17)15(13)18/h4-9H,3H2,1-2H3,(H,20,21). The number of carboxylic acids is 1. The molecule has 0 heterocycles. The lowest BCUT2D eigenvalue weighted by Gasteiger charge is -2.25. The lowest BCUT2D eigenvalue weighted by atomic mass is 10.1. The van der Waals surface area contributed by atoms with E-state index in [-0.39, 0.29) is 10.0 Å². The van der Waals surface area contributed by atoms with Gasteiger partial charge in [0.1, 0.15) is 0 Å². The molecule has 0 aromatic heterocycles. The van der Waals surface area contributed by atoms with E-state index in [4.69, 9.17) is 5.11 Å². The summed E-state index contributed by atoms with van der Waals surface area (Å²) in [5.41, 5.74) is 2.20. The van der Waals surface area contributed by atoms with Gasteiger partial charge in [0, 0.05) is 12.2 Å². The molecule has 0 saturated carbocycles. The summed E-state index contributed by atoms with van der Waals surface area (Å²) in [6, 6.07) is 10.6. The Balaban J connectivity index is 2.53. The second-order valence-corrected chi connectivity index (χ2v) is 5.44. The predicted molar refractivity (Wildman–Crippen MR) is 84.9 cm³/mol. The van der Waals surface area contributed by atoms with Crippen LogP contribution >= 0.6 is 15.9 Å². The van der Waals surface area contributed by atoms with Gasteiger partial charge in [-0.1, -0.05) is 12.1 Å². The number of carbonyl (C=O) groups is 1. The largest absolute Gasteiger partial charge is 0.478 e. The Bertz CT molecular complexity index is 688. The molecule has 0 aliphatic rings. The summed E-state index contributed by atoms with van der Waals surface area (Å²) in [5, 5.41) is 9.02. The zero-order valence-electron chi connectivity index (χ0n) is 11.7. The minimum Gasteiger partial charge on any atom is -0.478 e. The summed E-state index contributed by atoms with van der Waals surface area (Å²) in [6.07, 6.45) is 0. The van der Waals surface area contributed by atoms with Gasteiger partial charge in [0.2, 0.25) is 0 Å². The van der Waals surface area contributed by atoms with E-state index in [0.717, 1.165) is 11.3 Å². The van der Waals surface area contributed by atoms with Gasteiger partial charge in [-0.05, 0) is 59.6 Å². The fourth-order valence-electron chi connectivity index (χ4n) is 2.20. The number of aryl methyl sites for hydroxylation is 1. The van der Waals surface area contributed by atoms with E-state index >= 15 is 0 Å². The van der Waals surface area contributed by atoms with Gasteiger partial charge < -0.3 is 10.0 Å². The molecule has 5 heteroatoms. The first-order valence-corrected chi connectivity index (χ1v) is 7.30. The highest BCUT2D eigenvalue weighted by atomic mass is 79.9. The van der Waals surface area contributed by atoms with Gasteiger partial charge in [-0.25, -0.2) is 9.18 Å². The van der Waals surface area contributed by atoms with Gasteiger partial charge in [-0.3, -0.25) is 0 Å². The minimum absolute atomic E-state index is 0.0291. The maximum Gasteiger partial charge on any atom is 0.336 e. The van der Waals surface area contributed by atoms with Gasteiger partial charge in [0.25, 0.3) is 0 Å². The number of rotatable bonds is 4. The van der Waals surface area contributed by atoms with Crippen LogP contribution in [0.4, 0.5) is 15.8 Å². The monoisotopic (exact) mass is 351 g/mol. The molecule has 0 aliphatic carbocycles. The molecule has 0 spiro atoms. The van der Waals surface area contributed by atoms with Crippen LogP contribution in [0.5, 0.6) is 0 Å². The number of halogens is 2. The molecule has 3 nitrogen and oxygen atoms in total. The minimum atomic E-state index is -1.16. The number of hydrogen-bond acceptors (Lipinski definition) is 2. The normalized spacial score (nSPS) is 10.5. The van der Waals surface area contributed by atoms with Crippen molar-refractivity contribution in [3.63, 3.8) is 0 Å². The molecule has 110 valence electrons. The van der Waals surface area contributed by atoms with Gasteiger partial charge in [0.15, 0.2) is 5.82 Å². The second-order valence-electron chi connectivity index (χ2n) is 4.65. The van der Waals surface area contributed by atoms with Crippen molar-refractivity contribution in [2.75, 3.05) is 11.4 Å². The maximum absolute atomic E-state index is 14.5. The molecular formula is C16H15BrFNO2. The van der Waals surface area contributed by atoms with Gasteiger partial charge in [0.05, 0.1) is 15.7 Å². The van der Waals surface area contributed by atoms with Crippen molar-refractivity contribution < 1.29 is 14.3 Å². The van der Waals surface area contributed by atoms with Crippen LogP contribution in [0.2, 0.25) is 0 Å². The predicted octanol–water partition coefficient (Wildman–Crippen LogP) is 4.75. The van der Waals surface area contributed by atoms with Crippen molar-refractivity contribution in [3.05, 3.63) is 57.8 Å². The van der Waals surface area contributed by atoms with Crippen LogP contribution in [0.1, 0.15) is 22.8 Å². The van der Waals surface area contributed by atoms with Crippen molar-refractivity contribution in [1.29, 1.82) is 0 Å². The molecule has 0 saturated heterocycles. The van der Waals surface area contributed by atoms with E-state index in [2.05, 4.69) is 15.9 Å². The van der Waals surface area contributed by atoms with Crippen LogP contribution < -0.4 is 4.90 Å². The Morgan fingerprint density at radius 1 is 1.33 bits per heavy atom. The van der Waals surface area contributed by atoms with Crippen LogP contribution in [0, 0.1) is 12.7 Å². The van der Waals surface area contributed by atoms with Crippen LogP contribution in [-0.2, 0) is 0 Å². The number of hydrogen-bond donors (Lipinski definition) is 1. The molecule has 21 heavy (non-hydrogen) atoms. The molecule has 0 radical (unpaired) electrons. The number of aromatic carboxylic acids is 1. The zero-order chi connectivity index (χ0) is 15.6. The summed E-state index contributed by atoms with van der Waals surface area (Å²) in [5.74, 6) is -1.73. The average Bonchev–Trinajstić information content (AvgIpc) is 2.44. The third-order valence-electron chi connectivity index (χ3n) is 3.21. The Kier molecular flexibility index (Phi) is 4.63. The smallest absolute Gasteiger partial charge is 0.336 e. The topological polar surface area (TPSA) is 40.5 Å². The first-order valence-electron chi connectivity index (χ1n) is 6.51. The van der Waals surface area contributed by atoms with Gasteiger partial charge >= 0.3 is 5.97 Å². The quantitative estimate of drug-likeness (QED) is 0.863. The van der Waals surface area contributed by atoms with Crippen LogP contribution in [0.3, 0.4) is 0 Å². The molecular weight excluding hydrogens is 337 g/mol. The van der Waals surface area contributed by atoms with E-state index in [1.54, 1.807) is 4.90 Å². The summed E-state index contributed by atoms with van der Waals surface area (Å²) < 4.78 is 14.5. The molecule has 2 aromatic carbocycles. The van der Waals surface area contributed by atoms with Gasteiger partial charge in [-0.2, -0.15) is 0 Å². The van der Waals surface area contributed by atoms with Gasteiger partial charge in [-0.15, -0.1) is 0 Å². The van der Waals surface area contributed by atoms with E-state index in [1.165, 1.54) is 12.1 Å². The Morgan fingerprint density at radius 3 is 2.62 bits per heavy atom. The highest BCUT2D eigenvalue weighted by Gasteiger charge is 2.19. The third-order valence-corrected chi connectivity index (χ3v) is 3.99. The summed E-state index contributed by atoms with van der Waals surface area (Å²) in [7, 11) is 0. The number of anilines is 2. The molecule has 0 fully saturated rings. The number of carboxylic acid groups (broad SMARTS) is 1. The Morgan fingerprint density at radius 2 is 2.05 bits per heavy atom. The molecule has 2 aromatic rings. The molecule has 0 aliphatic heterocycles. The number of benzene rings is 2. The van der Waals surface area contributed by atoms with Crippen molar-refractivity contribution >= 4 is 33.3 Å². The first kappa shape index (κ1) is 15.5. The summed E-state index contributed by atoms with van der Waals surface area (Å²) in [4.78, 5) is 12.8. The Hall–Kier alpha value is -1.88. The van der Waals surface area contributed by atoms with Crippen molar-refractivity contribution in [2.45, 2.75) is 13.8 Å². The van der Waals surface area contributed by atoms with Crippen molar-refractivity contribution in [2.24, 2.45) is 0 Å². The van der Waals surface area contributed by atoms with E-state index in [9.17, 15) is 9.18 Å². The molecule has 2 rings (SSSR count). The molecule has 0 unspecified atom stereocenters. The fraction of sp³-hybridized carbons (Fsp3) is 0.188. The van der Waals surface area contributed by atoms with E-state index in [1.807, 2.05) is 38.1 Å². The maximum atomic E-state index is 14.5. The molecule has 0 bridgehead atoms. The third kappa shape index (κ3) is 3.08. The van der Waals surface area contributed by atoms with Crippen LogP contribution in [0.15, 0.2) is 40.9 Å². The highest BCUT2D eigenvalue weighted by molar-refractivity contribution is 9.10. The number of nitrogens with zero attached hydrogens (tertiary/aromatic N) is 1. The molecule has 1 N–H and O–H groups in total. The van der Waals surface area contributed by atoms with Crippen molar-refractivity contribution in [1.82, 2.24) is 0 Å². The SMILES string of the molecule is CCN(c1cccc(C)c1)c1ccc(C(=O)O)c(Br)c1F. The van der Waals surface area contributed by atoms with Crippen molar-refractivity contribution in [3.8, 4) is 0 Å². The second kappa shape index (κ2) is 6.26. The zero-order valence-corrected chi connectivity index (χ0v) is 13.3. The lowest BCUT2D eigenvalue weighted by molar-refractivity contribution is 0.0695.